The van der Waals surface area contributed by atoms with E-state index in [-0.39, 0.29) is 29.7 Å². The predicted octanol–water partition coefficient (Wildman–Crippen LogP) is 5.87. The highest BCUT2D eigenvalue weighted by Crippen LogP contribution is 2.56. The zero-order valence-corrected chi connectivity index (χ0v) is 20.5. The molecule has 6 heteroatoms. The normalized spacial score (nSPS) is 15.0. The highest BCUT2D eigenvalue weighted by molar-refractivity contribution is 6.08. The van der Waals surface area contributed by atoms with Crippen LogP contribution < -0.4 is 14.4 Å². The van der Waals surface area contributed by atoms with Gasteiger partial charge in [0.1, 0.15) is 5.78 Å². The average Bonchev–Trinajstić information content (AvgIpc) is 2.80. The molecule has 0 aliphatic carbocycles. The summed E-state index contributed by atoms with van der Waals surface area (Å²) in [4.78, 5) is 14.5. The molecule has 6 nitrogen and oxygen atoms in total. The number of methoxy groups -OCH3 is 2. The van der Waals surface area contributed by atoms with E-state index >= 15 is 0 Å². The minimum absolute atomic E-state index is 0.0449. The number of benzene rings is 3. The molecule has 0 amide bonds. The summed E-state index contributed by atoms with van der Waals surface area (Å²) in [5, 5.41) is 23.1. The Hall–Kier alpha value is -3.67. The Morgan fingerprint density at radius 1 is 1.15 bits per heavy atom. The molecule has 3 aromatic carbocycles. The summed E-state index contributed by atoms with van der Waals surface area (Å²) in [6.45, 7) is 9.45. The van der Waals surface area contributed by atoms with E-state index < -0.39 is 5.41 Å². The van der Waals surface area contributed by atoms with Crippen LogP contribution in [0, 0.1) is 0 Å². The molecule has 1 aliphatic rings. The second-order valence-corrected chi connectivity index (χ2v) is 9.40. The first-order valence-corrected chi connectivity index (χ1v) is 11.2. The van der Waals surface area contributed by atoms with Crippen LogP contribution in [0.4, 0.5) is 5.69 Å². The van der Waals surface area contributed by atoms with Crippen LogP contribution >= 0.6 is 0 Å². The summed E-state index contributed by atoms with van der Waals surface area (Å²) in [6.07, 6.45) is 2.03. The molecule has 0 saturated carbocycles. The summed E-state index contributed by atoms with van der Waals surface area (Å²) in [6, 6.07) is 9.06. The number of hydrogen-bond donors (Lipinski definition) is 2. The fraction of sp³-hybridized carbons (Fsp3) is 0.321. The highest BCUT2D eigenvalue weighted by Gasteiger charge is 2.37. The summed E-state index contributed by atoms with van der Waals surface area (Å²) >= 11 is 0. The van der Waals surface area contributed by atoms with Crippen molar-refractivity contribution in [3.8, 4) is 34.1 Å². The lowest BCUT2D eigenvalue weighted by Crippen LogP contribution is -2.31. The Morgan fingerprint density at radius 3 is 2.41 bits per heavy atom. The van der Waals surface area contributed by atoms with Gasteiger partial charge in [0, 0.05) is 41.0 Å². The number of rotatable bonds is 6. The van der Waals surface area contributed by atoms with Gasteiger partial charge in [-0.15, -0.1) is 6.58 Å². The van der Waals surface area contributed by atoms with E-state index in [4.69, 9.17) is 9.47 Å². The van der Waals surface area contributed by atoms with E-state index in [1.807, 2.05) is 45.2 Å². The molecule has 34 heavy (non-hydrogen) atoms. The number of allylic oxidation sites excluding steroid dienone is 1. The first-order valence-electron chi connectivity index (χ1n) is 11.2. The third-order valence-corrected chi connectivity index (χ3v) is 6.89. The van der Waals surface area contributed by atoms with Gasteiger partial charge in [-0.25, -0.2) is 0 Å². The van der Waals surface area contributed by atoms with Crippen LogP contribution in [-0.2, 0) is 10.2 Å². The van der Waals surface area contributed by atoms with Crippen molar-refractivity contribution in [2.24, 2.45) is 0 Å². The lowest BCUT2D eigenvalue weighted by molar-refractivity contribution is -0.117. The fourth-order valence-electron chi connectivity index (χ4n) is 5.14. The van der Waals surface area contributed by atoms with Crippen molar-refractivity contribution in [2.45, 2.75) is 38.6 Å². The maximum Gasteiger partial charge on any atom is 0.166 e. The van der Waals surface area contributed by atoms with Crippen molar-refractivity contribution in [1.29, 1.82) is 0 Å². The molecule has 0 aromatic heterocycles. The summed E-state index contributed by atoms with van der Waals surface area (Å²) in [5.74, 6) is 0.902. The molecule has 0 unspecified atom stereocenters. The second kappa shape index (κ2) is 8.28. The number of phenols is 2. The molecule has 4 rings (SSSR count). The molecule has 3 aromatic rings. The molecule has 0 saturated heterocycles. The molecule has 0 spiro atoms. The van der Waals surface area contributed by atoms with Crippen LogP contribution in [0.25, 0.3) is 21.9 Å². The van der Waals surface area contributed by atoms with Crippen molar-refractivity contribution in [3.63, 3.8) is 0 Å². The third-order valence-electron chi connectivity index (χ3n) is 6.89. The molecule has 0 radical (unpaired) electrons. The number of carbonyl (C=O) groups is 1. The number of Topliss-reactive ketones (excluding diaryl/α,β-unsaturated/α-hetero) is 1. The first kappa shape index (κ1) is 23.5. The molecule has 1 atom stereocenters. The molecule has 2 N–H and O–H groups in total. The minimum atomic E-state index is -0.634. The van der Waals surface area contributed by atoms with E-state index in [9.17, 15) is 15.0 Å². The van der Waals surface area contributed by atoms with Gasteiger partial charge in [-0.1, -0.05) is 32.1 Å². The third kappa shape index (κ3) is 3.36. The van der Waals surface area contributed by atoms with Gasteiger partial charge in [-0.3, -0.25) is 4.79 Å². The largest absolute Gasteiger partial charge is 0.504 e. The molecular weight excluding hydrogens is 430 g/mol. The SMILES string of the molecule is C=CC(C)(C)c1c(O)c(O)cc2ccc3c(c12)N(C)[C@@H](CC(C)=O)c1c-3ccc(OC)c1OC. The molecule has 1 heterocycles. The van der Waals surface area contributed by atoms with Crippen LogP contribution in [0.2, 0.25) is 0 Å². The van der Waals surface area contributed by atoms with Crippen molar-refractivity contribution < 1.29 is 24.5 Å². The smallest absolute Gasteiger partial charge is 0.166 e. The van der Waals surface area contributed by atoms with E-state index in [1.54, 1.807) is 33.3 Å². The van der Waals surface area contributed by atoms with Crippen LogP contribution in [0.5, 0.6) is 23.0 Å². The molecular formula is C28H31NO5. The van der Waals surface area contributed by atoms with Gasteiger partial charge in [0.05, 0.1) is 25.9 Å². The van der Waals surface area contributed by atoms with Crippen molar-refractivity contribution >= 4 is 22.2 Å². The number of aromatic hydroxyl groups is 2. The molecule has 0 fully saturated rings. The van der Waals surface area contributed by atoms with Gasteiger partial charge < -0.3 is 24.6 Å². The fourth-order valence-corrected chi connectivity index (χ4v) is 5.14. The number of hydrogen-bond acceptors (Lipinski definition) is 6. The second-order valence-electron chi connectivity index (χ2n) is 9.40. The Labute approximate surface area is 200 Å². The zero-order valence-electron chi connectivity index (χ0n) is 20.5. The van der Waals surface area contributed by atoms with E-state index in [2.05, 4.69) is 11.5 Å². The summed E-state index contributed by atoms with van der Waals surface area (Å²) in [7, 11) is 5.14. The summed E-state index contributed by atoms with van der Waals surface area (Å²) < 4.78 is 11.3. The first-order chi connectivity index (χ1) is 16.1. The standard InChI is InChI=1S/C28H31NO5/c1-8-28(3,4)24-22-16(14-20(31)26(24)32)9-10-18-17-11-12-21(33-6)27(34-7)23(17)19(13-15(2)30)29(5)25(18)22/h8-12,14,19,31-32H,1,13H2,2-7H3/t19-/m0/s1. The molecule has 178 valence electrons. The van der Waals surface area contributed by atoms with E-state index in [1.165, 1.54) is 0 Å². The maximum absolute atomic E-state index is 12.4. The highest BCUT2D eigenvalue weighted by atomic mass is 16.5. The number of phenolic OH excluding ortho intramolecular Hbond substituents is 2. The number of carbonyl (C=O) groups excluding carboxylic acids is 1. The van der Waals surface area contributed by atoms with Crippen molar-refractivity contribution in [1.82, 2.24) is 0 Å². The molecule has 0 bridgehead atoms. The van der Waals surface area contributed by atoms with E-state index in [0.717, 1.165) is 33.2 Å². The lowest BCUT2D eigenvalue weighted by atomic mass is 9.77. The zero-order chi connectivity index (χ0) is 24.9. The Bertz CT molecular complexity index is 1320. The lowest BCUT2D eigenvalue weighted by Gasteiger charge is -2.40. The summed E-state index contributed by atoms with van der Waals surface area (Å²) in [5.41, 5.74) is 3.60. The topological polar surface area (TPSA) is 79.2 Å². The maximum atomic E-state index is 12.4. The Kier molecular flexibility index (Phi) is 5.72. The van der Waals surface area contributed by atoms with Crippen LogP contribution in [0.15, 0.2) is 43.0 Å². The monoisotopic (exact) mass is 461 g/mol. The Morgan fingerprint density at radius 2 is 1.82 bits per heavy atom. The van der Waals surface area contributed by atoms with Gasteiger partial charge in [-0.05, 0) is 36.1 Å². The van der Waals surface area contributed by atoms with E-state index in [0.29, 0.717) is 17.1 Å². The number of ketones is 1. The minimum Gasteiger partial charge on any atom is -0.504 e. The van der Waals surface area contributed by atoms with Crippen LogP contribution in [-0.4, -0.2) is 37.3 Å². The van der Waals surface area contributed by atoms with Gasteiger partial charge in [0.15, 0.2) is 23.0 Å². The van der Waals surface area contributed by atoms with Gasteiger partial charge >= 0.3 is 0 Å². The number of nitrogens with zero attached hydrogens (tertiary/aromatic N) is 1. The Balaban J connectivity index is 2.20. The number of ether oxygens (including phenoxy) is 2. The van der Waals surface area contributed by atoms with Crippen LogP contribution in [0.1, 0.15) is 44.4 Å². The van der Waals surface area contributed by atoms with Crippen molar-refractivity contribution in [3.05, 3.63) is 54.1 Å². The average molecular weight is 462 g/mol. The quantitative estimate of drug-likeness (QED) is 0.353. The molecule has 1 aliphatic heterocycles. The number of fused-ring (bicyclic) bond motifs is 5. The van der Waals surface area contributed by atoms with Gasteiger partial charge in [0.2, 0.25) is 0 Å². The van der Waals surface area contributed by atoms with Gasteiger partial charge in [-0.2, -0.15) is 0 Å². The van der Waals surface area contributed by atoms with Crippen LogP contribution in [0.3, 0.4) is 0 Å². The number of anilines is 1. The van der Waals surface area contributed by atoms with Gasteiger partial charge in [0.25, 0.3) is 0 Å². The van der Waals surface area contributed by atoms with Crippen molar-refractivity contribution in [2.75, 3.05) is 26.2 Å². The predicted molar refractivity (Wildman–Crippen MR) is 135 cm³/mol.